The second-order valence-corrected chi connectivity index (χ2v) is 2.42. The predicted octanol–water partition coefficient (Wildman–Crippen LogP) is 1.52. The minimum absolute atomic E-state index is 0.781. The predicted molar refractivity (Wildman–Crippen MR) is 40.2 cm³/mol. The van der Waals surface area contributed by atoms with Crippen molar-refractivity contribution in [2.24, 2.45) is 15.9 Å². The van der Waals surface area contributed by atoms with Gasteiger partial charge in [0.1, 0.15) is 6.34 Å². The normalized spacial score (nSPS) is 21.3. The highest BCUT2D eigenvalue weighted by Crippen LogP contribution is 2.30. The van der Waals surface area contributed by atoms with E-state index in [1.807, 2.05) is 0 Å². The summed E-state index contributed by atoms with van der Waals surface area (Å²) in [7, 11) is 1.74. The Morgan fingerprint density at radius 2 is 2.22 bits per heavy atom. The molecule has 0 aromatic carbocycles. The largest absolute Gasteiger partial charge is 0.277 e. The Hall–Kier alpha value is -0.660. The molecule has 1 saturated carbocycles. The van der Waals surface area contributed by atoms with Crippen LogP contribution < -0.4 is 0 Å². The van der Waals surface area contributed by atoms with Crippen LogP contribution in [0.4, 0.5) is 0 Å². The molecule has 2 nitrogen and oxygen atoms in total. The molecule has 0 bridgehead atoms. The molecule has 0 radical (unpaired) electrons. The van der Waals surface area contributed by atoms with Crippen molar-refractivity contribution in [3.63, 3.8) is 0 Å². The van der Waals surface area contributed by atoms with Crippen LogP contribution in [0.25, 0.3) is 0 Å². The lowest BCUT2D eigenvalue weighted by Crippen LogP contribution is -1.92. The summed E-state index contributed by atoms with van der Waals surface area (Å²) in [4.78, 5) is 7.90. The van der Waals surface area contributed by atoms with E-state index in [1.54, 1.807) is 13.4 Å². The fraction of sp³-hybridized carbons (Fsp3) is 0.714. The highest BCUT2D eigenvalue weighted by molar-refractivity contribution is 5.91. The van der Waals surface area contributed by atoms with Gasteiger partial charge in [-0.3, -0.25) is 4.99 Å². The molecule has 0 atom stereocenters. The molecule has 0 saturated heterocycles. The van der Waals surface area contributed by atoms with E-state index in [1.165, 1.54) is 18.6 Å². The van der Waals surface area contributed by atoms with Crippen molar-refractivity contribution in [1.82, 2.24) is 0 Å². The molecule has 1 aliphatic rings. The van der Waals surface area contributed by atoms with Crippen LogP contribution in [0.15, 0.2) is 9.98 Å². The molecule has 0 amide bonds. The van der Waals surface area contributed by atoms with Gasteiger partial charge >= 0.3 is 0 Å². The molecule has 0 spiro atoms. The fourth-order valence-electron chi connectivity index (χ4n) is 0.755. The molecule has 9 heavy (non-hydrogen) atoms. The Morgan fingerprint density at radius 1 is 1.56 bits per heavy atom. The first kappa shape index (κ1) is 6.46. The highest BCUT2D eigenvalue weighted by Gasteiger charge is 2.23. The zero-order chi connectivity index (χ0) is 6.69. The number of hydrogen-bond donors (Lipinski definition) is 0. The molecule has 1 aliphatic carbocycles. The quantitative estimate of drug-likeness (QED) is 0.394. The Kier molecular flexibility index (Phi) is 1.98. The summed E-state index contributed by atoms with van der Waals surface area (Å²) >= 11 is 0. The van der Waals surface area contributed by atoms with Crippen LogP contribution in [0.5, 0.6) is 0 Å². The SMILES string of the molecule is CN=CN=C(C)C1CC1. The van der Waals surface area contributed by atoms with Crippen molar-refractivity contribution >= 4 is 12.1 Å². The van der Waals surface area contributed by atoms with Gasteiger partial charge in [-0.1, -0.05) is 0 Å². The van der Waals surface area contributed by atoms with E-state index >= 15 is 0 Å². The zero-order valence-corrected chi connectivity index (χ0v) is 5.96. The highest BCUT2D eigenvalue weighted by atomic mass is 14.8. The molecule has 2 heteroatoms. The van der Waals surface area contributed by atoms with E-state index in [2.05, 4.69) is 16.9 Å². The lowest BCUT2D eigenvalue weighted by atomic mass is 10.3. The minimum atomic E-state index is 0.781. The first-order valence-electron chi connectivity index (χ1n) is 3.29. The van der Waals surface area contributed by atoms with Gasteiger partial charge in [0, 0.05) is 12.8 Å². The number of nitrogens with zero attached hydrogens (tertiary/aromatic N) is 2. The van der Waals surface area contributed by atoms with Gasteiger partial charge in [-0.25, -0.2) is 4.99 Å². The summed E-state index contributed by atoms with van der Waals surface area (Å²) in [6.07, 6.45) is 4.27. The summed E-state index contributed by atoms with van der Waals surface area (Å²) in [5, 5.41) is 0. The second kappa shape index (κ2) is 2.76. The summed E-state index contributed by atoms with van der Waals surface area (Å²) < 4.78 is 0. The standard InChI is InChI=1S/C7H12N2/c1-6(7-3-4-7)9-5-8-2/h5,7H,3-4H2,1-2H3. The van der Waals surface area contributed by atoms with Gasteiger partial charge in [-0.2, -0.15) is 0 Å². The van der Waals surface area contributed by atoms with Crippen LogP contribution in [0.2, 0.25) is 0 Å². The molecular formula is C7H12N2. The van der Waals surface area contributed by atoms with E-state index in [0.29, 0.717) is 0 Å². The molecule has 0 unspecified atom stereocenters. The Balaban J connectivity index is 2.37. The van der Waals surface area contributed by atoms with Crippen molar-refractivity contribution in [3.8, 4) is 0 Å². The molecule has 0 N–H and O–H groups in total. The maximum Gasteiger partial charge on any atom is 0.109 e. The van der Waals surface area contributed by atoms with E-state index in [0.717, 1.165) is 5.92 Å². The third-order valence-electron chi connectivity index (χ3n) is 1.55. The van der Waals surface area contributed by atoms with Gasteiger partial charge < -0.3 is 0 Å². The Morgan fingerprint density at radius 3 is 2.67 bits per heavy atom. The van der Waals surface area contributed by atoms with Crippen LogP contribution in [0.1, 0.15) is 19.8 Å². The maximum absolute atomic E-state index is 4.13. The average molecular weight is 124 g/mol. The van der Waals surface area contributed by atoms with Crippen molar-refractivity contribution in [2.75, 3.05) is 7.05 Å². The average Bonchev–Trinajstić information content (AvgIpc) is 2.63. The van der Waals surface area contributed by atoms with Gasteiger partial charge in [0.15, 0.2) is 0 Å². The number of rotatable bonds is 2. The topological polar surface area (TPSA) is 24.7 Å². The van der Waals surface area contributed by atoms with E-state index in [4.69, 9.17) is 0 Å². The third kappa shape index (κ3) is 1.96. The maximum atomic E-state index is 4.13. The van der Waals surface area contributed by atoms with Gasteiger partial charge in [0.05, 0.1) is 0 Å². The van der Waals surface area contributed by atoms with E-state index in [9.17, 15) is 0 Å². The summed E-state index contributed by atoms with van der Waals surface area (Å²) in [5.41, 5.74) is 1.24. The molecule has 1 rings (SSSR count). The van der Waals surface area contributed by atoms with Crippen molar-refractivity contribution in [3.05, 3.63) is 0 Å². The molecule has 0 heterocycles. The summed E-state index contributed by atoms with van der Waals surface area (Å²) in [6, 6.07) is 0. The monoisotopic (exact) mass is 124 g/mol. The van der Waals surface area contributed by atoms with Crippen LogP contribution in [0.3, 0.4) is 0 Å². The van der Waals surface area contributed by atoms with Crippen LogP contribution in [0, 0.1) is 5.92 Å². The van der Waals surface area contributed by atoms with Gasteiger partial charge in [0.25, 0.3) is 0 Å². The smallest absolute Gasteiger partial charge is 0.109 e. The molecule has 0 aliphatic heterocycles. The first-order chi connectivity index (χ1) is 4.34. The van der Waals surface area contributed by atoms with Crippen LogP contribution in [-0.2, 0) is 0 Å². The first-order valence-corrected chi connectivity index (χ1v) is 3.29. The van der Waals surface area contributed by atoms with Gasteiger partial charge in [0.2, 0.25) is 0 Å². The number of aliphatic imine (C=N–C) groups is 2. The van der Waals surface area contributed by atoms with E-state index in [-0.39, 0.29) is 0 Å². The molecule has 0 aromatic rings. The van der Waals surface area contributed by atoms with Gasteiger partial charge in [-0.15, -0.1) is 0 Å². The lowest BCUT2D eigenvalue weighted by Gasteiger charge is -1.88. The molecular weight excluding hydrogens is 112 g/mol. The fourth-order valence-corrected chi connectivity index (χ4v) is 0.755. The Bertz CT molecular complexity index is 143. The van der Waals surface area contributed by atoms with E-state index < -0.39 is 0 Å². The zero-order valence-electron chi connectivity index (χ0n) is 5.96. The van der Waals surface area contributed by atoms with Gasteiger partial charge in [-0.05, 0) is 25.7 Å². The van der Waals surface area contributed by atoms with Crippen LogP contribution >= 0.6 is 0 Å². The second-order valence-electron chi connectivity index (χ2n) is 2.42. The van der Waals surface area contributed by atoms with Crippen LogP contribution in [-0.4, -0.2) is 19.1 Å². The molecule has 0 aromatic heterocycles. The summed E-state index contributed by atoms with van der Waals surface area (Å²) in [5.74, 6) is 0.781. The van der Waals surface area contributed by atoms with Crippen molar-refractivity contribution in [1.29, 1.82) is 0 Å². The number of hydrogen-bond acceptors (Lipinski definition) is 1. The molecule has 1 fully saturated rings. The lowest BCUT2D eigenvalue weighted by molar-refractivity contribution is 1.18. The summed E-state index contributed by atoms with van der Waals surface area (Å²) in [6.45, 7) is 2.07. The third-order valence-corrected chi connectivity index (χ3v) is 1.55. The van der Waals surface area contributed by atoms with Crippen molar-refractivity contribution < 1.29 is 0 Å². The minimum Gasteiger partial charge on any atom is -0.277 e. The Labute approximate surface area is 55.7 Å². The van der Waals surface area contributed by atoms with Crippen molar-refractivity contribution in [2.45, 2.75) is 19.8 Å². The molecule has 50 valence electrons.